The lowest BCUT2D eigenvalue weighted by atomic mass is 10.1. The Morgan fingerprint density at radius 3 is 3.05 bits per heavy atom. The Labute approximate surface area is 120 Å². The number of nitrogens with one attached hydrogen (secondary N) is 1. The summed E-state index contributed by atoms with van der Waals surface area (Å²) in [6.45, 7) is 7.43. The fraction of sp³-hybridized carbons (Fsp3) is 0.438. The first-order valence-corrected chi connectivity index (χ1v) is 7.18. The van der Waals surface area contributed by atoms with Crippen molar-refractivity contribution in [2.45, 2.75) is 33.4 Å². The fourth-order valence-corrected chi connectivity index (χ4v) is 2.14. The second kappa shape index (κ2) is 7.70. The first-order valence-electron chi connectivity index (χ1n) is 7.18. The zero-order valence-corrected chi connectivity index (χ0v) is 12.3. The van der Waals surface area contributed by atoms with Crippen LogP contribution in [0.5, 0.6) is 0 Å². The highest BCUT2D eigenvalue weighted by molar-refractivity contribution is 5.30. The molecule has 0 amide bonds. The maximum absolute atomic E-state index is 5.36. The van der Waals surface area contributed by atoms with Crippen LogP contribution in [0.1, 0.15) is 24.5 Å². The summed E-state index contributed by atoms with van der Waals surface area (Å²) in [6.07, 6.45) is 4.84. The minimum atomic E-state index is 0.780. The topological polar surface area (TPSA) is 39.1 Å². The van der Waals surface area contributed by atoms with Crippen LogP contribution in [0, 0.1) is 6.92 Å². The van der Waals surface area contributed by atoms with Gasteiger partial charge in [-0.25, -0.2) is 4.98 Å². The van der Waals surface area contributed by atoms with Gasteiger partial charge in [-0.05, 0) is 25.8 Å². The van der Waals surface area contributed by atoms with Gasteiger partial charge in [0.1, 0.15) is 0 Å². The van der Waals surface area contributed by atoms with Crippen LogP contribution in [-0.2, 0) is 17.8 Å². The van der Waals surface area contributed by atoms with Crippen molar-refractivity contribution < 1.29 is 4.74 Å². The Kier molecular flexibility index (Phi) is 5.62. The van der Waals surface area contributed by atoms with Crippen molar-refractivity contribution in [3.8, 4) is 0 Å². The van der Waals surface area contributed by atoms with Gasteiger partial charge in [0.25, 0.3) is 0 Å². The standard InChI is InChI=1S/C16H23N3O/c1-3-20-11-5-9-19-10-8-17-16(19)18-13-15-7-4-6-14(2)12-15/h4,6-8,10,12H,3,5,9,11,13H2,1-2H3,(H,17,18). The molecule has 0 atom stereocenters. The number of benzene rings is 1. The summed E-state index contributed by atoms with van der Waals surface area (Å²) >= 11 is 0. The number of anilines is 1. The van der Waals surface area contributed by atoms with E-state index in [1.165, 1.54) is 11.1 Å². The molecule has 1 aromatic heterocycles. The maximum Gasteiger partial charge on any atom is 0.203 e. The van der Waals surface area contributed by atoms with Crippen molar-refractivity contribution in [1.82, 2.24) is 9.55 Å². The highest BCUT2D eigenvalue weighted by atomic mass is 16.5. The number of nitrogens with zero attached hydrogens (tertiary/aromatic N) is 2. The number of hydrogen-bond acceptors (Lipinski definition) is 3. The quantitative estimate of drug-likeness (QED) is 0.751. The molecule has 0 unspecified atom stereocenters. The highest BCUT2D eigenvalue weighted by Crippen LogP contribution is 2.09. The Balaban J connectivity index is 1.85. The van der Waals surface area contributed by atoms with E-state index in [-0.39, 0.29) is 0 Å². The van der Waals surface area contributed by atoms with Gasteiger partial charge in [-0.15, -0.1) is 0 Å². The molecule has 2 rings (SSSR count). The van der Waals surface area contributed by atoms with Gasteiger partial charge in [0, 0.05) is 38.7 Å². The van der Waals surface area contributed by atoms with Gasteiger partial charge in [0.05, 0.1) is 0 Å². The second-order valence-electron chi connectivity index (χ2n) is 4.84. The molecule has 4 heteroatoms. The number of aryl methyl sites for hydroxylation is 2. The summed E-state index contributed by atoms with van der Waals surface area (Å²) in [4.78, 5) is 4.36. The molecule has 2 aromatic rings. The molecule has 0 saturated carbocycles. The van der Waals surface area contributed by atoms with Crippen molar-refractivity contribution in [2.24, 2.45) is 0 Å². The molecule has 1 heterocycles. The summed E-state index contributed by atoms with van der Waals surface area (Å²) in [6, 6.07) is 8.51. The number of aromatic nitrogens is 2. The van der Waals surface area contributed by atoms with Gasteiger partial charge in [-0.1, -0.05) is 29.8 Å². The van der Waals surface area contributed by atoms with E-state index in [2.05, 4.69) is 46.1 Å². The molecule has 0 spiro atoms. The molecule has 1 aromatic carbocycles. The lowest BCUT2D eigenvalue weighted by molar-refractivity contribution is 0.142. The lowest BCUT2D eigenvalue weighted by Crippen LogP contribution is -2.09. The van der Waals surface area contributed by atoms with Crippen molar-refractivity contribution in [1.29, 1.82) is 0 Å². The first-order chi connectivity index (χ1) is 9.79. The summed E-state index contributed by atoms with van der Waals surface area (Å²) in [5.41, 5.74) is 2.55. The third-order valence-electron chi connectivity index (χ3n) is 3.14. The van der Waals surface area contributed by atoms with Crippen LogP contribution in [0.4, 0.5) is 5.95 Å². The van der Waals surface area contributed by atoms with Crippen molar-refractivity contribution in [3.05, 3.63) is 47.8 Å². The number of hydrogen-bond donors (Lipinski definition) is 1. The normalized spacial score (nSPS) is 10.7. The molecular formula is C16H23N3O. The predicted molar refractivity (Wildman–Crippen MR) is 81.8 cm³/mol. The Morgan fingerprint density at radius 2 is 2.25 bits per heavy atom. The minimum absolute atomic E-state index is 0.780. The minimum Gasteiger partial charge on any atom is -0.382 e. The molecular weight excluding hydrogens is 250 g/mol. The molecule has 0 aliphatic heterocycles. The average Bonchev–Trinajstić information content (AvgIpc) is 2.89. The summed E-state index contributed by atoms with van der Waals surface area (Å²) in [5, 5.41) is 3.39. The monoisotopic (exact) mass is 273 g/mol. The van der Waals surface area contributed by atoms with Gasteiger partial charge in [0.15, 0.2) is 0 Å². The molecule has 108 valence electrons. The molecule has 4 nitrogen and oxygen atoms in total. The zero-order chi connectivity index (χ0) is 14.2. The average molecular weight is 273 g/mol. The van der Waals surface area contributed by atoms with E-state index >= 15 is 0 Å². The van der Waals surface area contributed by atoms with Crippen LogP contribution in [0.25, 0.3) is 0 Å². The smallest absolute Gasteiger partial charge is 0.203 e. The Bertz CT molecular complexity index is 522. The van der Waals surface area contributed by atoms with Gasteiger partial charge >= 0.3 is 0 Å². The van der Waals surface area contributed by atoms with Crippen LogP contribution in [0.3, 0.4) is 0 Å². The van der Waals surface area contributed by atoms with Crippen LogP contribution in [0.15, 0.2) is 36.7 Å². The van der Waals surface area contributed by atoms with Crippen molar-refractivity contribution >= 4 is 5.95 Å². The maximum atomic E-state index is 5.36. The third kappa shape index (κ3) is 4.38. The van der Waals surface area contributed by atoms with Crippen LogP contribution < -0.4 is 5.32 Å². The van der Waals surface area contributed by atoms with Crippen LogP contribution in [-0.4, -0.2) is 22.8 Å². The van der Waals surface area contributed by atoms with E-state index in [1.54, 1.807) is 0 Å². The lowest BCUT2D eigenvalue weighted by Gasteiger charge is -2.10. The van der Waals surface area contributed by atoms with E-state index in [0.29, 0.717) is 0 Å². The first kappa shape index (κ1) is 14.6. The van der Waals surface area contributed by atoms with Crippen molar-refractivity contribution in [3.63, 3.8) is 0 Å². The molecule has 0 saturated heterocycles. The van der Waals surface area contributed by atoms with E-state index in [9.17, 15) is 0 Å². The van der Waals surface area contributed by atoms with Gasteiger partial charge in [0.2, 0.25) is 5.95 Å². The fourth-order valence-electron chi connectivity index (χ4n) is 2.14. The highest BCUT2D eigenvalue weighted by Gasteiger charge is 2.02. The van der Waals surface area contributed by atoms with E-state index in [0.717, 1.165) is 38.7 Å². The Hall–Kier alpha value is -1.81. The van der Waals surface area contributed by atoms with Crippen molar-refractivity contribution in [2.75, 3.05) is 18.5 Å². The summed E-state index contributed by atoms with van der Waals surface area (Å²) in [5.74, 6) is 0.919. The summed E-state index contributed by atoms with van der Waals surface area (Å²) < 4.78 is 7.49. The van der Waals surface area contributed by atoms with Gasteiger partial charge < -0.3 is 14.6 Å². The number of ether oxygens (including phenoxy) is 1. The molecule has 20 heavy (non-hydrogen) atoms. The van der Waals surface area contributed by atoms with Crippen LogP contribution >= 0.6 is 0 Å². The van der Waals surface area contributed by atoms with Crippen LogP contribution in [0.2, 0.25) is 0 Å². The zero-order valence-electron chi connectivity index (χ0n) is 12.3. The van der Waals surface area contributed by atoms with Gasteiger partial charge in [-0.3, -0.25) is 0 Å². The van der Waals surface area contributed by atoms with E-state index < -0.39 is 0 Å². The molecule has 0 aliphatic rings. The Morgan fingerprint density at radius 1 is 1.35 bits per heavy atom. The molecule has 1 N–H and O–H groups in total. The summed E-state index contributed by atoms with van der Waals surface area (Å²) in [7, 11) is 0. The predicted octanol–water partition coefficient (Wildman–Crippen LogP) is 3.23. The molecule has 0 aliphatic carbocycles. The largest absolute Gasteiger partial charge is 0.382 e. The SMILES string of the molecule is CCOCCCn1ccnc1NCc1cccc(C)c1. The molecule has 0 radical (unpaired) electrons. The third-order valence-corrected chi connectivity index (χ3v) is 3.14. The van der Waals surface area contributed by atoms with Gasteiger partial charge in [-0.2, -0.15) is 0 Å². The van der Waals surface area contributed by atoms with E-state index in [1.807, 2.05) is 19.3 Å². The second-order valence-corrected chi connectivity index (χ2v) is 4.84. The molecule has 0 bridgehead atoms. The molecule has 0 fully saturated rings. The number of imidazole rings is 1. The number of rotatable bonds is 8. The van der Waals surface area contributed by atoms with E-state index in [4.69, 9.17) is 4.74 Å².